The number of nitrogens with zero attached hydrogens (tertiary/aromatic N) is 5. The predicted octanol–water partition coefficient (Wildman–Crippen LogP) is 9.33. The second kappa shape index (κ2) is 8.92. The zero-order valence-electron chi connectivity index (χ0n) is 24.7. The summed E-state index contributed by atoms with van der Waals surface area (Å²) in [6.45, 7) is 4.54. The highest BCUT2D eigenvalue weighted by Crippen LogP contribution is 2.51. The van der Waals surface area contributed by atoms with Gasteiger partial charge in [-0.05, 0) is 89.0 Å². The maximum Gasteiger partial charge on any atom is 0.140 e. The Morgan fingerprint density at radius 2 is 1.07 bits per heavy atom. The van der Waals surface area contributed by atoms with Crippen LogP contribution in [0.3, 0.4) is 0 Å². The van der Waals surface area contributed by atoms with Gasteiger partial charge in [-0.25, -0.2) is 4.98 Å². The first-order valence-electron chi connectivity index (χ1n) is 15.0. The van der Waals surface area contributed by atoms with E-state index < -0.39 is 0 Å². The fourth-order valence-electron chi connectivity index (χ4n) is 7.48. The minimum absolute atomic E-state index is 0.184. The second-order valence-electron chi connectivity index (χ2n) is 12.3. The highest BCUT2D eigenvalue weighted by Gasteiger charge is 2.36. The lowest BCUT2D eigenvalue weighted by Gasteiger charge is -2.21. The molecular formula is C40H25N5. The molecule has 0 saturated carbocycles. The molecule has 5 nitrogen and oxygen atoms in total. The number of nitriles is 2. The number of hydrogen-bond donors (Lipinski definition) is 0. The van der Waals surface area contributed by atoms with Crippen molar-refractivity contribution in [3.8, 4) is 34.9 Å². The SMILES string of the molecule is CC1(C)c2ccc(C#N)cc2-c2cc3c(cc21)c1ccccc1n3-c1cccc(-n2c3ccccc3c3cc(C#N)ccc32)n1. The standard InChI is InChI=1S/C40H25N5/c1-40(2)32-16-14-24(22-41)18-28(32)29-21-37-31(20-33(29)40)27-9-4-6-11-35(27)45(37)39-13-7-12-38(43-39)44-34-10-5-3-8-26(34)30-19-25(23-42)15-17-36(30)44/h3-21H,1-2H3. The smallest absolute Gasteiger partial charge is 0.140 e. The third-order valence-corrected chi connectivity index (χ3v) is 9.58. The number of para-hydroxylation sites is 2. The maximum absolute atomic E-state index is 9.69. The summed E-state index contributed by atoms with van der Waals surface area (Å²) in [5.74, 6) is 1.63. The van der Waals surface area contributed by atoms with E-state index >= 15 is 0 Å². The Balaban J connectivity index is 1.33. The van der Waals surface area contributed by atoms with Crippen molar-refractivity contribution in [3.05, 3.63) is 138 Å². The zero-order valence-corrected chi connectivity index (χ0v) is 24.7. The Labute approximate surface area is 259 Å². The zero-order chi connectivity index (χ0) is 30.4. The van der Waals surface area contributed by atoms with Crippen LogP contribution in [-0.2, 0) is 5.41 Å². The number of aromatic nitrogens is 3. The molecule has 0 amide bonds. The molecule has 1 aliphatic carbocycles. The molecule has 8 aromatic rings. The van der Waals surface area contributed by atoms with Gasteiger partial charge in [0.1, 0.15) is 11.6 Å². The molecule has 0 spiro atoms. The summed E-state index contributed by atoms with van der Waals surface area (Å²) in [5, 5.41) is 23.7. The van der Waals surface area contributed by atoms with E-state index in [1.54, 1.807) is 0 Å². The molecular weight excluding hydrogens is 550 g/mol. The van der Waals surface area contributed by atoms with Crippen LogP contribution < -0.4 is 0 Å². The Hall–Kier alpha value is -6.17. The van der Waals surface area contributed by atoms with Crippen LogP contribution in [-0.4, -0.2) is 14.1 Å². The average Bonchev–Trinajstić information content (AvgIpc) is 3.66. The van der Waals surface area contributed by atoms with E-state index in [9.17, 15) is 10.5 Å². The molecule has 0 unspecified atom stereocenters. The molecule has 45 heavy (non-hydrogen) atoms. The lowest BCUT2D eigenvalue weighted by atomic mass is 9.82. The molecule has 0 fully saturated rings. The number of fused-ring (bicyclic) bond motifs is 9. The largest absolute Gasteiger partial charge is 0.294 e. The van der Waals surface area contributed by atoms with Crippen LogP contribution in [0.4, 0.5) is 0 Å². The summed E-state index contributed by atoms with van der Waals surface area (Å²) in [6.07, 6.45) is 0. The number of rotatable bonds is 2. The van der Waals surface area contributed by atoms with E-state index in [-0.39, 0.29) is 5.41 Å². The Kier molecular flexibility index (Phi) is 5.03. The van der Waals surface area contributed by atoms with Gasteiger partial charge in [-0.1, -0.05) is 62.4 Å². The monoisotopic (exact) mass is 575 g/mol. The summed E-state index contributed by atoms with van der Waals surface area (Å²) in [4.78, 5) is 5.31. The number of benzene rings is 5. The first-order chi connectivity index (χ1) is 22.0. The van der Waals surface area contributed by atoms with Crippen LogP contribution in [0.2, 0.25) is 0 Å². The highest BCUT2D eigenvalue weighted by molar-refractivity contribution is 6.12. The lowest BCUT2D eigenvalue weighted by molar-refractivity contribution is 0.661. The minimum Gasteiger partial charge on any atom is -0.294 e. The summed E-state index contributed by atoms with van der Waals surface area (Å²) < 4.78 is 4.44. The molecule has 0 N–H and O–H groups in total. The van der Waals surface area contributed by atoms with Crippen LogP contribution in [0.1, 0.15) is 36.1 Å². The van der Waals surface area contributed by atoms with Gasteiger partial charge in [0, 0.05) is 27.0 Å². The van der Waals surface area contributed by atoms with Crippen molar-refractivity contribution >= 4 is 43.6 Å². The van der Waals surface area contributed by atoms with Crippen molar-refractivity contribution < 1.29 is 0 Å². The van der Waals surface area contributed by atoms with E-state index in [4.69, 9.17) is 4.98 Å². The molecule has 5 aromatic carbocycles. The first-order valence-corrected chi connectivity index (χ1v) is 15.0. The molecule has 3 aromatic heterocycles. The van der Waals surface area contributed by atoms with Crippen molar-refractivity contribution in [2.45, 2.75) is 19.3 Å². The molecule has 0 saturated heterocycles. The molecule has 210 valence electrons. The number of hydrogen-bond acceptors (Lipinski definition) is 3. The second-order valence-corrected chi connectivity index (χ2v) is 12.3. The first kappa shape index (κ1) is 25.3. The van der Waals surface area contributed by atoms with Crippen LogP contribution >= 0.6 is 0 Å². The molecule has 0 bridgehead atoms. The van der Waals surface area contributed by atoms with Crippen molar-refractivity contribution in [1.29, 1.82) is 10.5 Å². The van der Waals surface area contributed by atoms with Crippen molar-refractivity contribution in [2.24, 2.45) is 0 Å². The summed E-state index contributed by atoms with van der Waals surface area (Å²) >= 11 is 0. The van der Waals surface area contributed by atoms with Crippen molar-refractivity contribution in [2.75, 3.05) is 0 Å². The van der Waals surface area contributed by atoms with Gasteiger partial charge in [-0.15, -0.1) is 0 Å². The van der Waals surface area contributed by atoms with Crippen LogP contribution in [0.5, 0.6) is 0 Å². The highest BCUT2D eigenvalue weighted by atomic mass is 15.1. The molecule has 5 heteroatoms. The fourth-order valence-corrected chi connectivity index (χ4v) is 7.48. The van der Waals surface area contributed by atoms with Crippen LogP contribution in [0, 0.1) is 22.7 Å². The lowest BCUT2D eigenvalue weighted by Crippen LogP contribution is -2.14. The predicted molar refractivity (Wildman–Crippen MR) is 180 cm³/mol. The van der Waals surface area contributed by atoms with E-state index in [0.717, 1.165) is 55.6 Å². The van der Waals surface area contributed by atoms with Crippen molar-refractivity contribution in [1.82, 2.24) is 14.1 Å². The van der Waals surface area contributed by atoms with Gasteiger partial charge in [0.05, 0.1) is 45.3 Å². The van der Waals surface area contributed by atoms with Gasteiger partial charge in [0.2, 0.25) is 0 Å². The quantitative estimate of drug-likeness (QED) is 0.206. The van der Waals surface area contributed by atoms with E-state index in [2.05, 4.69) is 102 Å². The van der Waals surface area contributed by atoms with Gasteiger partial charge < -0.3 is 0 Å². The normalized spacial score (nSPS) is 13.2. The van der Waals surface area contributed by atoms with E-state index in [1.165, 1.54) is 21.9 Å². The van der Waals surface area contributed by atoms with Crippen molar-refractivity contribution in [3.63, 3.8) is 0 Å². The molecule has 3 heterocycles. The van der Waals surface area contributed by atoms with Gasteiger partial charge >= 0.3 is 0 Å². The third-order valence-electron chi connectivity index (χ3n) is 9.58. The van der Waals surface area contributed by atoms with E-state index in [0.29, 0.717) is 11.1 Å². The Morgan fingerprint density at radius 3 is 1.76 bits per heavy atom. The summed E-state index contributed by atoms with van der Waals surface area (Å²) in [7, 11) is 0. The van der Waals surface area contributed by atoms with Gasteiger partial charge in [-0.3, -0.25) is 9.13 Å². The van der Waals surface area contributed by atoms with Gasteiger partial charge in [0.15, 0.2) is 0 Å². The summed E-state index contributed by atoms with van der Waals surface area (Å²) in [5.41, 5.74) is 10.1. The fraction of sp³-hybridized carbons (Fsp3) is 0.0750. The Bertz CT molecular complexity index is 2650. The molecule has 0 atom stereocenters. The molecule has 1 aliphatic rings. The topological polar surface area (TPSA) is 70.3 Å². The maximum atomic E-state index is 9.69. The molecule has 9 rings (SSSR count). The van der Waals surface area contributed by atoms with Crippen LogP contribution in [0.25, 0.3) is 66.4 Å². The third kappa shape index (κ3) is 3.38. The van der Waals surface area contributed by atoms with Gasteiger partial charge in [0.25, 0.3) is 0 Å². The van der Waals surface area contributed by atoms with Crippen LogP contribution in [0.15, 0.2) is 115 Å². The van der Waals surface area contributed by atoms with E-state index in [1.807, 2.05) is 48.5 Å². The average molecular weight is 576 g/mol. The Morgan fingerprint density at radius 1 is 0.511 bits per heavy atom. The molecule has 0 aliphatic heterocycles. The number of pyridine rings is 1. The van der Waals surface area contributed by atoms with Gasteiger partial charge in [-0.2, -0.15) is 10.5 Å². The molecule has 0 radical (unpaired) electrons. The minimum atomic E-state index is -0.184. The summed E-state index contributed by atoms with van der Waals surface area (Å²) in [6, 6.07) is 44.1.